The van der Waals surface area contributed by atoms with Crippen LogP contribution in [0.3, 0.4) is 0 Å². The second kappa shape index (κ2) is 6.77. The molecule has 0 atom stereocenters. The van der Waals surface area contributed by atoms with Crippen molar-refractivity contribution < 1.29 is 13.2 Å². The molecule has 0 fully saturated rings. The van der Waals surface area contributed by atoms with E-state index in [1.165, 1.54) is 18.4 Å². The fourth-order valence-corrected chi connectivity index (χ4v) is 3.85. The van der Waals surface area contributed by atoms with E-state index in [1.807, 2.05) is 18.2 Å². The highest BCUT2D eigenvalue weighted by Crippen LogP contribution is 2.31. The van der Waals surface area contributed by atoms with Crippen molar-refractivity contribution in [1.29, 1.82) is 0 Å². The third-order valence-corrected chi connectivity index (χ3v) is 6.33. The molecule has 28 heavy (non-hydrogen) atoms. The van der Waals surface area contributed by atoms with Crippen molar-refractivity contribution in [3.8, 4) is 5.75 Å². The first-order valence-corrected chi connectivity index (χ1v) is 9.94. The van der Waals surface area contributed by atoms with Gasteiger partial charge in [0.15, 0.2) is 5.82 Å². The summed E-state index contributed by atoms with van der Waals surface area (Å²) in [6, 6.07) is 12.2. The normalized spacial score (nSPS) is 12.0. The molecule has 0 radical (unpaired) electrons. The van der Waals surface area contributed by atoms with E-state index < -0.39 is 10.0 Å². The van der Waals surface area contributed by atoms with Crippen LogP contribution in [-0.2, 0) is 10.0 Å². The van der Waals surface area contributed by atoms with Crippen LogP contribution < -0.4 is 10.1 Å². The van der Waals surface area contributed by atoms with Crippen molar-refractivity contribution in [2.45, 2.75) is 4.90 Å². The van der Waals surface area contributed by atoms with Crippen LogP contribution in [0.25, 0.3) is 21.8 Å². The molecule has 4 aromatic rings. The zero-order valence-electron chi connectivity index (χ0n) is 15.6. The quantitative estimate of drug-likeness (QED) is 0.537. The van der Waals surface area contributed by atoms with Gasteiger partial charge in [-0.1, -0.05) is 0 Å². The first kappa shape index (κ1) is 18.2. The predicted molar refractivity (Wildman–Crippen MR) is 109 cm³/mol. The first-order valence-electron chi connectivity index (χ1n) is 8.50. The van der Waals surface area contributed by atoms with Crippen molar-refractivity contribution in [3.05, 3.63) is 48.7 Å². The number of H-pyrrole nitrogens is 1. The van der Waals surface area contributed by atoms with Gasteiger partial charge in [-0.3, -0.25) is 5.10 Å². The summed E-state index contributed by atoms with van der Waals surface area (Å²) in [4.78, 5) is 4.91. The van der Waals surface area contributed by atoms with Gasteiger partial charge in [-0.2, -0.15) is 5.10 Å². The Bertz CT molecular complexity index is 1260. The molecule has 0 aliphatic heterocycles. The van der Waals surface area contributed by atoms with Crippen molar-refractivity contribution in [2.24, 2.45) is 0 Å². The molecule has 0 saturated carbocycles. The number of aromatic amines is 1. The number of fused-ring (bicyclic) bond motifs is 3. The SMILES string of the molecule is COc1ccc2nc(Nc3ccc(S(=O)(=O)N(C)C)cc3)c3[nH]ncc3c2c1. The molecular formula is C19H19N5O3S. The maximum Gasteiger partial charge on any atom is 0.242 e. The van der Waals surface area contributed by atoms with Gasteiger partial charge in [0.1, 0.15) is 11.3 Å². The Hall–Kier alpha value is -3.17. The van der Waals surface area contributed by atoms with E-state index in [0.29, 0.717) is 11.5 Å². The van der Waals surface area contributed by atoms with Gasteiger partial charge in [-0.15, -0.1) is 0 Å². The summed E-state index contributed by atoms with van der Waals surface area (Å²) in [7, 11) is 1.17. The molecule has 0 saturated heterocycles. The second-order valence-electron chi connectivity index (χ2n) is 6.44. The van der Waals surface area contributed by atoms with Gasteiger partial charge in [-0.25, -0.2) is 17.7 Å². The molecule has 2 aromatic heterocycles. The molecular weight excluding hydrogens is 378 g/mol. The molecule has 0 amide bonds. The summed E-state index contributed by atoms with van der Waals surface area (Å²) in [6.07, 6.45) is 1.75. The van der Waals surface area contributed by atoms with Gasteiger partial charge in [-0.05, 0) is 42.5 Å². The zero-order valence-corrected chi connectivity index (χ0v) is 16.4. The Morgan fingerprint density at radius 3 is 2.50 bits per heavy atom. The highest BCUT2D eigenvalue weighted by atomic mass is 32.2. The number of hydrogen-bond acceptors (Lipinski definition) is 6. The summed E-state index contributed by atoms with van der Waals surface area (Å²) >= 11 is 0. The number of hydrogen-bond donors (Lipinski definition) is 2. The zero-order chi connectivity index (χ0) is 19.9. The van der Waals surface area contributed by atoms with Gasteiger partial charge < -0.3 is 10.1 Å². The summed E-state index contributed by atoms with van der Waals surface area (Å²) in [5.74, 6) is 1.35. The molecule has 0 unspecified atom stereocenters. The van der Waals surface area contributed by atoms with Crippen molar-refractivity contribution >= 4 is 43.3 Å². The largest absolute Gasteiger partial charge is 0.497 e. The minimum atomic E-state index is -3.47. The van der Waals surface area contributed by atoms with Crippen molar-refractivity contribution in [3.63, 3.8) is 0 Å². The summed E-state index contributed by atoms with van der Waals surface area (Å²) in [6.45, 7) is 0. The van der Waals surface area contributed by atoms with Gasteiger partial charge >= 0.3 is 0 Å². The van der Waals surface area contributed by atoms with Crippen LogP contribution in [-0.4, -0.2) is 49.1 Å². The smallest absolute Gasteiger partial charge is 0.242 e. The third kappa shape index (κ3) is 3.04. The molecule has 8 nitrogen and oxygen atoms in total. The number of pyridine rings is 1. The molecule has 4 rings (SSSR count). The lowest BCUT2D eigenvalue weighted by atomic mass is 10.1. The van der Waals surface area contributed by atoms with Crippen LogP contribution in [0.5, 0.6) is 5.75 Å². The number of nitrogens with one attached hydrogen (secondary N) is 2. The van der Waals surface area contributed by atoms with Crippen molar-refractivity contribution in [1.82, 2.24) is 19.5 Å². The van der Waals surface area contributed by atoms with E-state index in [9.17, 15) is 8.42 Å². The average Bonchev–Trinajstić information content (AvgIpc) is 3.18. The van der Waals surface area contributed by atoms with Gasteiger partial charge in [0.25, 0.3) is 0 Å². The van der Waals surface area contributed by atoms with E-state index in [4.69, 9.17) is 4.74 Å². The lowest BCUT2D eigenvalue weighted by Gasteiger charge is -2.13. The number of methoxy groups -OCH3 is 1. The molecule has 0 aliphatic rings. The third-order valence-electron chi connectivity index (χ3n) is 4.50. The maximum absolute atomic E-state index is 12.2. The number of ether oxygens (including phenoxy) is 1. The van der Waals surface area contributed by atoms with Crippen LogP contribution in [0.4, 0.5) is 11.5 Å². The molecule has 144 valence electrons. The monoisotopic (exact) mass is 397 g/mol. The molecule has 9 heteroatoms. The molecule has 2 N–H and O–H groups in total. The molecule has 2 heterocycles. The topological polar surface area (TPSA) is 100 Å². The van der Waals surface area contributed by atoms with Crippen LogP contribution in [0.1, 0.15) is 0 Å². The summed E-state index contributed by atoms with van der Waals surface area (Å²) < 4.78 is 30.9. The van der Waals surface area contributed by atoms with E-state index in [1.54, 1.807) is 37.6 Å². The highest BCUT2D eigenvalue weighted by molar-refractivity contribution is 7.89. The number of sulfonamides is 1. The average molecular weight is 397 g/mol. The van der Waals surface area contributed by atoms with Crippen LogP contribution in [0.15, 0.2) is 53.6 Å². The standard InChI is InChI=1S/C19H19N5O3S/c1-24(2)28(25,26)14-7-4-12(5-8-14)21-19-18-16(11-20-23-18)15-10-13(27-3)6-9-17(15)22-19/h4-11H,1-3H3,(H,20,23)(H,21,22). The number of nitrogens with zero attached hydrogens (tertiary/aromatic N) is 3. The van der Waals surface area contributed by atoms with Gasteiger partial charge in [0.2, 0.25) is 10.0 Å². The van der Waals surface area contributed by atoms with Crippen LogP contribution >= 0.6 is 0 Å². The fourth-order valence-electron chi connectivity index (χ4n) is 2.95. The number of aromatic nitrogens is 3. The Morgan fingerprint density at radius 2 is 1.82 bits per heavy atom. The molecule has 0 aliphatic carbocycles. The highest BCUT2D eigenvalue weighted by Gasteiger charge is 2.17. The minimum absolute atomic E-state index is 0.230. The number of rotatable bonds is 5. The van der Waals surface area contributed by atoms with E-state index in [0.717, 1.165) is 27.6 Å². The summed E-state index contributed by atoms with van der Waals surface area (Å²) in [5, 5.41) is 12.2. The lowest BCUT2D eigenvalue weighted by molar-refractivity contribution is 0.415. The van der Waals surface area contributed by atoms with Crippen molar-refractivity contribution in [2.75, 3.05) is 26.5 Å². The van der Waals surface area contributed by atoms with E-state index in [-0.39, 0.29) is 4.90 Å². The molecule has 2 aromatic carbocycles. The molecule has 0 spiro atoms. The van der Waals surface area contributed by atoms with E-state index >= 15 is 0 Å². The second-order valence-corrected chi connectivity index (χ2v) is 8.59. The first-order chi connectivity index (χ1) is 13.4. The Balaban J connectivity index is 1.74. The Morgan fingerprint density at radius 1 is 1.07 bits per heavy atom. The number of anilines is 2. The van der Waals surface area contributed by atoms with Gasteiger partial charge in [0.05, 0.1) is 23.7 Å². The maximum atomic E-state index is 12.2. The number of benzene rings is 2. The molecule has 0 bridgehead atoms. The summed E-state index contributed by atoms with van der Waals surface area (Å²) in [5.41, 5.74) is 2.27. The Kier molecular flexibility index (Phi) is 4.40. The van der Waals surface area contributed by atoms with Crippen LogP contribution in [0, 0.1) is 0 Å². The van der Waals surface area contributed by atoms with Crippen LogP contribution in [0.2, 0.25) is 0 Å². The predicted octanol–water partition coefficient (Wildman–Crippen LogP) is 3.11. The fraction of sp³-hybridized carbons (Fsp3) is 0.158. The lowest BCUT2D eigenvalue weighted by Crippen LogP contribution is -2.22. The van der Waals surface area contributed by atoms with Gasteiger partial charge in [0, 0.05) is 30.6 Å². The Labute approximate surface area is 162 Å². The minimum Gasteiger partial charge on any atom is -0.497 e. The van der Waals surface area contributed by atoms with E-state index in [2.05, 4.69) is 20.5 Å².